The number of sulfonamides is 1. The summed E-state index contributed by atoms with van der Waals surface area (Å²) in [4.78, 5) is 13.3. The zero-order valence-corrected chi connectivity index (χ0v) is 11.9. The SMILES string of the molecule is CN1C(=O)Cc2cc(S(=O)(=O)NC3CC(O)C3)ccc21. The van der Waals surface area contributed by atoms with E-state index in [4.69, 9.17) is 0 Å². The van der Waals surface area contributed by atoms with Crippen LogP contribution in [0.2, 0.25) is 0 Å². The molecule has 0 bridgehead atoms. The highest BCUT2D eigenvalue weighted by molar-refractivity contribution is 7.89. The molecule has 1 aromatic rings. The topological polar surface area (TPSA) is 86.7 Å². The summed E-state index contributed by atoms with van der Waals surface area (Å²) < 4.78 is 27.0. The lowest BCUT2D eigenvalue weighted by Crippen LogP contribution is -2.46. The molecule has 2 aliphatic rings. The molecular formula is C13H16N2O4S. The van der Waals surface area contributed by atoms with Gasteiger partial charge in [0, 0.05) is 18.8 Å². The van der Waals surface area contributed by atoms with Crippen molar-refractivity contribution in [1.82, 2.24) is 4.72 Å². The second kappa shape index (κ2) is 4.54. The van der Waals surface area contributed by atoms with Gasteiger partial charge in [0.1, 0.15) is 0 Å². The van der Waals surface area contributed by atoms with Gasteiger partial charge in [0.15, 0.2) is 0 Å². The van der Waals surface area contributed by atoms with Crippen LogP contribution >= 0.6 is 0 Å². The Bertz CT molecular complexity index is 665. The Balaban J connectivity index is 1.84. The first-order chi connectivity index (χ1) is 9.37. The Hall–Kier alpha value is -1.44. The third kappa shape index (κ3) is 2.21. The lowest BCUT2D eigenvalue weighted by Gasteiger charge is -2.31. The third-order valence-electron chi connectivity index (χ3n) is 3.87. The molecule has 0 radical (unpaired) electrons. The molecule has 1 fully saturated rings. The quantitative estimate of drug-likeness (QED) is 0.822. The first-order valence-corrected chi connectivity index (χ1v) is 7.95. The van der Waals surface area contributed by atoms with Gasteiger partial charge in [-0.15, -0.1) is 0 Å². The Morgan fingerprint density at radius 3 is 2.70 bits per heavy atom. The van der Waals surface area contributed by atoms with E-state index in [1.807, 2.05) is 0 Å². The van der Waals surface area contributed by atoms with Crippen molar-refractivity contribution in [2.24, 2.45) is 0 Å². The largest absolute Gasteiger partial charge is 0.393 e. The minimum absolute atomic E-state index is 0.0374. The Morgan fingerprint density at radius 1 is 1.35 bits per heavy atom. The number of amides is 1. The molecule has 2 N–H and O–H groups in total. The average Bonchev–Trinajstić information content (AvgIpc) is 2.62. The van der Waals surface area contributed by atoms with Crippen molar-refractivity contribution in [2.75, 3.05) is 11.9 Å². The average molecular weight is 296 g/mol. The minimum Gasteiger partial charge on any atom is -0.393 e. The first-order valence-electron chi connectivity index (χ1n) is 6.47. The predicted octanol–water partition coefficient (Wildman–Crippen LogP) is 0.00710. The van der Waals surface area contributed by atoms with E-state index in [9.17, 15) is 18.3 Å². The van der Waals surface area contributed by atoms with Crippen molar-refractivity contribution in [3.05, 3.63) is 23.8 Å². The molecule has 0 saturated heterocycles. The van der Waals surface area contributed by atoms with Crippen molar-refractivity contribution in [2.45, 2.75) is 36.3 Å². The third-order valence-corrected chi connectivity index (χ3v) is 5.39. The van der Waals surface area contributed by atoms with Gasteiger partial charge in [0.2, 0.25) is 15.9 Å². The molecule has 6 nitrogen and oxygen atoms in total. The number of hydrogen-bond acceptors (Lipinski definition) is 4. The summed E-state index contributed by atoms with van der Waals surface area (Å²) in [6, 6.07) is 4.51. The number of rotatable bonds is 3. The van der Waals surface area contributed by atoms with Crippen LogP contribution in [0, 0.1) is 0 Å². The van der Waals surface area contributed by atoms with Crippen molar-refractivity contribution in [1.29, 1.82) is 0 Å². The van der Waals surface area contributed by atoms with Crippen LogP contribution in [0.25, 0.3) is 0 Å². The number of anilines is 1. The molecule has 20 heavy (non-hydrogen) atoms. The fourth-order valence-corrected chi connectivity index (χ4v) is 3.90. The zero-order valence-electron chi connectivity index (χ0n) is 11.0. The Labute approximate surface area is 117 Å². The van der Waals surface area contributed by atoms with E-state index < -0.39 is 16.1 Å². The van der Waals surface area contributed by atoms with Gasteiger partial charge in [-0.25, -0.2) is 13.1 Å². The highest BCUT2D eigenvalue weighted by atomic mass is 32.2. The number of carbonyl (C=O) groups excluding carboxylic acids is 1. The minimum atomic E-state index is -3.59. The monoisotopic (exact) mass is 296 g/mol. The summed E-state index contributed by atoms with van der Waals surface area (Å²) in [5, 5.41) is 9.19. The molecule has 0 atom stereocenters. The molecule has 1 heterocycles. The number of aliphatic hydroxyl groups excluding tert-OH is 1. The van der Waals surface area contributed by atoms with Gasteiger partial charge in [-0.1, -0.05) is 0 Å². The highest BCUT2D eigenvalue weighted by Crippen LogP contribution is 2.30. The fraction of sp³-hybridized carbons (Fsp3) is 0.462. The summed E-state index contributed by atoms with van der Waals surface area (Å²) in [6.07, 6.45) is 0.725. The normalized spacial score (nSPS) is 25.5. The van der Waals surface area contributed by atoms with Crippen LogP contribution in [0.1, 0.15) is 18.4 Å². The van der Waals surface area contributed by atoms with Crippen LogP contribution in [0.4, 0.5) is 5.69 Å². The number of nitrogens with zero attached hydrogens (tertiary/aromatic N) is 1. The lowest BCUT2D eigenvalue weighted by molar-refractivity contribution is -0.117. The number of aliphatic hydroxyl groups is 1. The maximum Gasteiger partial charge on any atom is 0.240 e. The van der Waals surface area contributed by atoms with Gasteiger partial charge in [-0.05, 0) is 36.6 Å². The van der Waals surface area contributed by atoms with Crippen molar-refractivity contribution < 1.29 is 18.3 Å². The molecule has 3 rings (SSSR count). The number of fused-ring (bicyclic) bond motifs is 1. The van der Waals surface area contributed by atoms with Gasteiger partial charge >= 0.3 is 0 Å². The number of likely N-dealkylation sites (N-methyl/N-ethyl adjacent to an activating group) is 1. The number of carbonyl (C=O) groups is 1. The summed E-state index contributed by atoms with van der Waals surface area (Å²) in [6.45, 7) is 0. The fourth-order valence-electron chi connectivity index (χ4n) is 2.59. The van der Waals surface area contributed by atoms with Gasteiger partial charge in [0.25, 0.3) is 0 Å². The van der Waals surface area contributed by atoms with Gasteiger partial charge in [-0.2, -0.15) is 0 Å². The van der Waals surface area contributed by atoms with E-state index in [0.717, 1.165) is 11.3 Å². The smallest absolute Gasteiger partial charge is 0.240 e. The van der Waals surface area contributed by atoms with Crippen LogP contribution in [-0.2, 0) is 21.2 Å². The van der Waals surface area contributed by atoms with Crippen molar-refractivity contribution >= 4 is 21.6 Å². The molecule has 1 aliphatic carbocycles. The highest BCUT2D eigenvalue weighted by Gasteiger charge is 2.32. The van der Waals surface area contributed by atoms with Gasteiger partial charge in [-0.3, -0.25) is 4.79 Å². The summed E-state index contributed by atoms with van der Waals surface area (Å²) in [5.74, 6) is -0.0374. The summed E-state index contributed by atoms with van der Waals surface area (Å²) in [7, 11) is -1.91. The van der Waals surface area contributed by atoms with E-state index in [1.54, 1.807) is 19.2 Å². The van der Waals surface area contributed by atoms with E-state index >= 15 is 0 Å². The predicted molar refractivity (Wildman–Crippen MR) is 72.9 cm³/mol. The van der Waals surface area contributed by atoms with Crippen LogP contribution in [0.5, 0.6) is 0 Å². The van der Waals surface area contributed by atoms with Gasteiger partial charge in [0.05, 0.1) is 17.4 Å². The van der Waals surface area contributed by atoms with E-state index in [-0.39, 0.29) is 23.3 Å². The lowest BCUT2D eigenvalue weighted by atomic mass is 9.91. The molecule has 0 spiro atoms. The van der Waals surface area contributed by atoms with E-state index in [1.165, 1.54) is 11.0 Å². The van der Waals surface area contributed by atoms with Crippen LogP contribution in [-0.4, -0.2) is 38.6 Å². The molecular weight excluding hydrogens is 280 g/mol. The maximum absolute atomic E-state index is 12.2. The van der Waals surface area contributed by atoms with Crippen LogP contribution in [0.3, 0.4) is 0 Å². The summed E-state index contributed by atoms with van der Waals surface area (Å²) >= 11 is 0. The molecule has 1 saturated carbocycles. The molecule has 0 unspecified atom stereocenters. The Kier molecular flexibility index (Phi) is 3.07. The van der Waals surface area contributed by atoms with E-state index in [2.05, 4.69) is 4.72 Å². The van der Waals surface area contributed by atoms with Crippen molar-refractivity contribution in [3.63, 3.8) is 0 Å². The molecule has 108 valence electrons. The second-order valence-corrected chi connectivity index (χ2v) is 7.08. The zero-order chi connectivity index (χ0) is 14.5. The molecule has 1 aromatic carbocycles. The van der Waals surface area contributed by atoms with Crippen LogP contribution < -0.4 is 9.62 Å². The standard InChI is InChI=1S/C13H16N2O4S/c1-15-12-3-2-11(4-8(12)5-13(15)17)20(18,19)14-9-6-10(16)7-9/h2-4,9-10,14,16H,5-7H2,1H3. The van der Waals surface area contributed by atoms with Gasteiger partial charge < -0.3 is 10.0 Å². The second-order valence-electron chi connectivity index (χ2n) is 5.36. The first kappa shape index (κ1) is 13.5. The van der Waals surface area contributed by atoms with E-state index in [0.29, 0.717) is 12.8 Å². The van der Waals surface area contributed by atoms with Crippen molar-refractivity contribution in [3.8, 4) is 0 Å². The molecule has 1 aliphatic heterocycles. The molecule has 0 aromatic heterocycles. The maximum atomic E-state index is 12.2. The summed E-state index contributed by atoms with van der Waals surface area (Å²) in [5.41, 5.74) is 1.49. The molecule has 1 amide bonds. The number of nitrogens with one attached hydrogen (secondary N) is 1. The van der Waals surface area contributed by atoms with Crippen LogP contribution in [0.15, 0.2) is 23.1 Å². The number of benzene rings is 1. The Morgan fingerprint density at radius 2 is 2.05 bits per heavy atom. The molecule has 7 heteroatoms. The number of hydrogen-bond donors (Lipinski definition) is 2.